The summed E-state index contributed by atoms with van der Waals surface area (Å²) >= 11 is 13.8. The van der Waals surface area contributed by atoms with Crippen molar-refractivity contribution >= 4 is 40.9 Å². The molecule has 150 valence electrons. The maximum Gasteiger partial charge on any atom is 0.260 e. The lowest BCUT2D eigenvalue weighted by Crippen LogP contribution is -2.37. The maximum atomic E-state index is 12.3. The summed E-state index contributed by atoms with van der Waals surface area (Å²) in [5.41, 5.74) is 3.81. The Balaban J connectivity index is 1.38. The number of aryl methyl sites for hydroxylation is 2. The molecule has 0 saturated heterocycles. The van der Waals surface area contributed by atoms with Gasteiger partial charge in [-0.1, -0.05) is 35.3 Å². The number of hydrogen-bond acceptors (Lipinski definition) is 3. The van der Waals surface area contributed by atoms with E-state index in [-0.39, 0.29) is 5.91 Å². The van der Waals surface area contributed by atoms with Crippen molar-refractivity contribution in [3.8, 4) is 5.75 Å². The third kappa shape index (κ3) is 6.07. The minimum Gasteiger partial charge on any atom is -0.481 e. The summed E-state index contributed by atoms with van der Waals surface area (Å²) < 4.78 is 5.85. The largest absolute Gasteiger partial charge is 0.481 e. The number of carbonyl (C=O) groups is 1. The van der Waals surface area contributed by atoms with E-state index in [1.807, 2.05) is 18.2 Å². The summed E-state index contributed by atoms with van der Waals surface area (Å²) in [5.74, 6) is 2.27. The third-order valence-corrected chi connectivity index (χ3v) is 6.42. The number of benzene rings is 2. The van der Waals surface area contributed by atoms with E-state index in [0.717, 1.165) is 35.7 Å². The molecule has 0 heterocycles. The number of fused-ring (bicyclic) bond motifs is 1. The quantitative estimate of drug-likeness (QED) is 0.538. The van der Waals surface area contributed by atoms with Crippen LogP contribution in [0.1, 0.15) is 36.5 Å². The van der Waals surface area contributed by atoms with Crippen LogP contribution < -0.4 is 10.1 Å². The predicted molar refractivity (Wildman–Crippen MR) is 119 cm³/mol. The molecule has 0 aliphatic heterocycles. The number of ether oxygens (including phenoxy) is 1. The first-order valence-corrected chi connectivity index (χ1v) is 11.5. The van der Waals surface area contributed by atoms with E-state index < -0.39 is 6.10 Å². The van der Waals surface area contributed by atoms with E-state index in [0.29, 0.717) is 16.6 Å². The van der Waals surface area contributed by atoms with Gasteiger partial charge in [0.15, 0.2) is 6.10 Å². The van der Waals surface area contributed by atoms with E-state index in [4.69, 9.17) is 27.9 Å². The lowest BCUT2D eigenvalue weighted by molar-refractivity contribution is -0.127. The van der Waals surface area contributed by atoms with Gasteiger partial charge in [-0.25, -0.2) is 0 Å². The van der Waals surface area contributed by atoms with Gasteiger partial charge >= 0.3 is 0 Å². The zero-order valence-corrected chi connectivity index (χ0v) is 18.3. The summed E-state index contributed by atoms with van der Waals surface area (Å²) in [4.78, 5) is 12.3. The van der Waals surface area contributed by atoms with Gasteiger partial charge in [0.05, 0.1) is 0 Å². The average Bonchev–Trinajstić information content (AvgIpc) is 2.69. The van der Waals surface area contributed by atoms with Crippen molar-refractivity contribution < 1.29 is 9.53 Å². The van der Waals surface area contributed by atoms with Crippen LogP contribution in [0.2, 0.25) is 10.0 Å². The monoisotopic (exact) mass is 437 g/mol. The molecule has 0 radical (unpaired) electrons. The van der Waals surface area contributed by atoms with Crippen molar-refractivity contribution in [1.29, 1.82) is 0 Å². The first-order chi connectivity index (χ1) is 13.5. The van der Waals surface area contributed by atoms with Crippen LogP contribution in [-0.4, -0.2) is 24.3 Å². The smallest absolute Gasteiger partial charge is 0.260 e. The number of hydrogen-bond donors (Lipinski definition) is 1. The molecule has 6 heteroatoms. The summed E-state index contributed by atoms with van der Waals surface area (Å²) in [6.07, 6.45) is 4.21. The fraction of sp³-hybridized carbons (Fsp3) is 0.409. The Morgan fingerprint density at radius 1 is 1.14 bits per heavy atom. The van der Waals surface area contributed by atoms with Gasteiger partial charge < -0.3 is 10.1 Å². The normalized spacial score (nSPS) is 14.2. The molecule has 2 aromatic carbocycles. The van der Waals surface area contributed by atoms with Crippen LogP contribution in [-0.2, 0) is 23.4 Å². The Morgan fingerprint density at radius 3 is 2.71 bits per heavy atom. The molecule has 1 N–H and O–H groups in total. The topological polar surface area (TPSA) is 38.3 Å². The van der Waals surface area contributed by atoms with Gasteiger partial charge in [-0.3, -0.25) is 4.79 Å². The Morgan fingerprint density at radius 2 is 1.93 bits per heavy atom. The number of thioether (sulfide) groups is 1. The number of rotatable bonds is 8. The third-order valence-electron chi connectivity index (χ3n) is 4.82. The SMILES string of the molecule is C[C@H](Oc1ccc2c(c1)CCCC2)C(=O)NCCSCc1ccc(Cl)cc1Cl. The minimum atomic E-state index is -0.516. The maximum absolute atomic E-state index is 12.3. The minimum absolute atomic E-state index is 0.0946. The zero-order chi connectivity index (χ0) is 19.9. The van der Waals surface area contributed by atoms with E-state index in [1.54, 1.807) is 24.8 Å². The van der Waals surface area contributed by atoms with E-state index in [1.165, 1.54) is 24.0 Å². The molecule has 3 nitrogen and oxygen atoms in total. The second-order valence-electron chi connectivity index (χ2n) is 6.98. The van der Waals surface area contributed by atoms with Gasteiger partial charge in [0.2, 0.25) is 0 Å². The van der Waals surface area contributed by atoms with Gasteiger partial charge in [0.1, 0.15) is 5.75 Å². The van der Waals surface area contributed by atoms with Crippen LogP contribution in [0, 0.1) is 0 Å². The van der Waals surface area contributed by atoms with Crippen LogP contribution in [0.3, 0.4) is 0 Å². The van der Waals surface area contributed by atoms with Crippen molar-refractivity contribution in [3.05, 3.63) is 63.1 Å². The highest BCUT2D eigenvalue weighted by Crippen LogP contribution is 2.26. The van der Waals surface area contributed by atoms with E-state index >= 15 is 0 Å². The van der Waals surface area contributed by atoms with Crippen molar-refractivity contribution in [1.82, 2.24) is 5.32 Å². The highest BCUT2D eigenvalue weighted by molar-refractivity contribution is 7.98. The van der Waals surface area contributed by atoms with Gasteiger partial charge in [-0.05, 0) is 73.6 Å². The molecule has 3 rings (SSSR count). The number of amides is 1. The van der Waals surface area contributed by atoms with Crippen molar-refractivity contribution in [2.24, 2.45) is 0 Å². The lowest BCUT2D eigenvalue weighted by Gasteiger charge is -2.19. The van der Waals surface area contributed by atoms with Gasteiger partial charge in [0, 0.05) is 28.1 Å². The average molecular weight is 438 g/mol. The fourth-order valence-corrected chi connectivity index (χ4v) is 4.67. The first-order valence-electron chi connectivity index (χ1n) is 9.61. The van der Waals surface area contributed by atoms with Gasteiger partial charge in [0.25, 0.3) is 5.91 Å². The molecule has 0 fully saturated rings. The highest BCUT2D eigenvalue weighted by atomic mass is 35.5. The molecule has 28 heavy (non-hydrogen) atoms. The predicted octanol–water partition coefficient (Wildman–Crippen LogP) is 5.69. The second-order valence-corrected chi connectivity index (χ2v) is 8.93. The Hall–Kier alpha value is -1.36. The number of carbonyl (C=O) groups excluding carboxylic acids is 1. The molecule has 1 amide bonds. The Bertz CT molecular complexity index is 828. The Labute approximate surface area is 181 Å². The number of nitrogens with one attached hydrogen (secondary N) is 1. The van der Waals surface area contributed by atoms with Crippen LogP contribution in [0.25, 0.3) is 0 Å². The molecule has 1 aliphatic carbocycles. The molecular weight excluding hydrogens is 413 g/mol. The Kier molecular flexibility index (Phi) is 7.95. The van der Waals surface area contributed by atoms with Crippen LogP contribution in [0.15, 0.2) is 36.4 Å². The molecule has 0 bridgehead atoms. The lowest BCUT2D eigenvalue weighted by atomic mass is 9.92. The standard InChI is InChI=1S/C22H25Cl2NO2S/c1-15(27-20-9-7-16-4-2-3-5-17(16)12-20)22(26)25-10-11-28-14-18-6-8-19(23)13-21(18)24/h6-9,12-13,15H,2-5,10-11,14H2,1H3,(H,25,26)/t15-/m0/s1. The van der Waals surface area contributed by atoms with E-state index in [2.05, 4.69) is 17.4 Å². The van der Waals surface area contributed by atoms with Crippen molar-refractivity contribution in [3.63, 3.8) is 0 Å². The zero-order valence-electron chi connectivity index (χ0n) is 16.0. The molecular formula is C22H25Cl2NO2S. The van der Waals surface area contributed by atoms with E-state index in [9.17, 15) is 4.79 Å². The summed E-state index contributed by atoms with van der Waals surface area (Å²) in [6.45, 7) is 2.38. The van der Waals surface area contributed by atoms with Crippen LogP contribution in [0.4, 0.5) is 0 Å². The van der Waals surface area contributed by atoms with Crippen LogP contribution >= 0.6 is 35.0 Å². The molecule has 0 saturated carbocycles. The van der Waals surface area contributed by atoms with Crippen molar-refractivity contribution in [2.75, 3.05) is 12.3 Å². The number of halogens is 2. The van der Waals surface area contributed by atoms with Crippen molar-refractivity contribution in [2.45, 2.75) is 44.5 Å². The first kappa shape index (κ1) is 21.4. The summed E-state index contributed by atoms with van der Waals surface area (Å²) in [7, 11) is 0. The second kappa shape index (κ2) is 10.4. The molecule has 2 aromatic rings. The van der Waals surface area contributed by atoms with Gasteiger partial charge in [-0.15, -0.1) is 0 Å². The molecule has 0 unspecified atom stereocenters. The van der Waals surface area contributed by atoms with Crippen LogP contribution in [0.5, 0.6) is 5.75 Å². The molecule has 0 aromatic heterocycles. The summed E-state index contributed by atoms with van der Waals surface area (Å²) in [5, 5.41) is 4.25. The molecule has 1 atom stereocenters. The van der Waals surface area contributed by atoms with Gasteiger partial charge in [-0.2, -0.15) is 11.8 Å². The highest BCUT2D eigenvalue weighted by Gasteiger charge is 2.16. The molecule has 0 spiro atoms. The fourth-order valence-electron chi connectivity index (χ4n) is 3.25. The molecule has 1 aliphatic rings. The summed E-state index contributed by atoms with van der Waals surface area (Å²) in [6, 6.07) is 11.7.